The van der Waals surface area contributed by atoms with Gasteiger partial charge in [0.2, 0.25) is 0 Å². The Balaban J connectivity index is 2.19. The number of aromatic nitrogens is 2. The van der Waals surface area contributed by atoms with E-state index in [-0.39, 0.29) is 5.91 Å². The summed E-state index contributed by atoms with van der Waals surface area (Å²) < 4.78 is 0. The average Bonchev–Trinajstić information content (AvgIpc) is 2.48. The molecule has 0 fully saturated rings. The number of pyridine rings is 2. The summed E-state index contributed by atoms with van der Waals surface area (Å²) in [6, 6.07) is 5.72. The maximum absolute atomic E-state index is 12.6. The first-order chi connectivity index (χ1) is 10.1. The average molecular weight is 284 g/mol. The van der Waals surface area contributed by atoms with E-state index in [1.807, 2.05) is 32.0 Å². The number of aryl methyl sites for hydroxylation is 1. The van der Waals surface area contributed by atoms with Crippen molar-refractivity contribution in [2.75, 3.05) is 18.9 Å². The van der Waals surface area contributed by atoms with E-state index in [1.165, 1.54) is 0 Å². The van der Waals surface area contributed by atoms with Gasteiger partial charge >= 0.3 is 0 Å². The first kappa shape index (κ1) is 15.0. The first-order valence-electron chi connectivity index (χ1n) is 6.96. The summed E-state index contributed by atoms with van der Waals surface area (Å²) in [5, 5.41) is 3.22. The molecule has 0 radical (unpaired) electrons. The zero-order valence-electron chi connectivity index (χ0n) is 12.6. The molecule has 2 aromatic rings. The van der Waals surface area contributed by atoms with Crippen molar-refractivity contribution in [3.05, 3.63) is 53.6 Å². The van der Waals surface area contributed by atoms with Gasteiger partial charge in [-0.1, -0.05) is 6.07 Å². The molecule has 21 heavy (non-hydrogen) atoms. The number of hydrogen-bond donors (Lipinski definition) is 1. The van der Waals surface area contributed by atoms with Crippen LogP contribution in [-0.2, 0) is 6.54 Å². The number of carbonyl (C=O) groups excluding carboxylic acids is 1. The zero-order chi connectivity index (χ0) is 15.2. The van der Waals surface area contributed by atoms with Crippen molar-refractivity contribution in [1.82, 2.24) is 14.9 Å². The van der Waals surface area contributed by atoms with Crippen LogP contribution in [0.2, 0.25) is 0 Å². The van der Waals surface area contributed by atoms with Crippen LogP contribution in [0.3, 0.4) is 0 Å². The van der Waals surface area contributed by atoms with Gasteiger partial charge in [-0.05, 0) is 31.5 Å². The minimum Gasteiger partial charge on any atom is -0.385 e. The second-order valence-electron chi connectivity index (χ2n) is 4.92. The smallest absolute Gasteiger partial charge is 0.257 e. The Labute approximate surface area is 125 Å². The lowest BCUT2D eigenvalue weighted by Crippen LogP contribution is -2.27. The molecule has 0 saturated carbocycles. The molecule has 1 amide bonds. The third-order valence-corrected chi connectivity index (χ3v) is 3.13. The van der Waals surface area contributed by atoms with E-state index < -0.39 is 0 Å². The maximum Gasteiger partial charge on any atom is 0.257 e. The van der Waals surface area contributed by atoms with Gasteiger partial charge in [-0.2, -0.15) is 0 Å². The standard InChI is InChI=1S/C16H20N4O/c1-4-18-15-8-12(2)19-10-14(15)16(21)20(3)11-13-6-5-7-17-9-13/h5-10H,4,11H2,1-3H3,(H,18,19). The normalized spacial score (nSPS) is 10.2. The fraction of sp³-hybridized carbons (Fsp3) is 0.312. The Hall–Kier alpha value is -2.43. The van der Waals surface area contributed by atoms with Crippen molar-refractivity contribution >= 4 is 11.6 Å². The Bertz CT molecular complexity index is 613. The van der Waals surface area contributed by atoms with E-state index in [4.69, 9.17) is 0 Å². The van der Waals surface area contributed by atoms with Gasteiger partial charge in [0.15, 0.2) is 0 Å². The molecule has 0 aliphatic carbocycles. The monoisotopic (exact) mass is 284 g/mol. The molecule has 5 nitrogen and oxygen atoms in total. The maximum atomic E-state index is 12.6. The van der Waals surface area contributed by atoms with Gasteiger partial charge in [0.1, 0.15) is 0 Å². The molecule has 2 aromatic heterocycles. The number of carbonyl (C=O) groups is 1. The fourth-order valence-electron chi connectivity index (χ4n) is 2.11. The predicted molar refractivity (Wildman–Crippen MR) is 83.2 cm³/mol. The van der Waals surface area contributed by atoms with Gasteiger partial charge in [-0.3, -0.25) is 14.8 Å². The molecule has 1 N–H and O–H groups in total. The summed E-state index contributed by atoms with van der Waals surface area (Å²) in [6.07, 6.45) is 5.12. The van der Waals surface area contributed by atoms with Crippen LogP contribution in [0, 0.1) is 6.92 Å². The quantitative estimate of drug-likeness (QED) is 0.916. The van der Waals surface area contributed by atoms with Gasteiger partial charge in [-0.25, -0.2) is 0 Å². The highest BCUT2D eigenvalue weighted by Gasteiger charge is 2.16. The van der Waals surface area contributed by atoms with Gasteiger partial charge < -0.3 is 10.2 Å². The first-order valence-corrected chi connectivity index (χ1v) is 6.96. The van der Waals surface area contributed by atoms with Crippen molar-refractivity contribution in [2.24, 2.45) is 0 Å². The van der Waals surface area contributed by atoms with E-state index in [9.17, 15) is 4.79 Å². The summed E-state index contributed by atoms with van der Waals surface area (Å²) in [5.41, 5.74) is 3.30. The minimum absolute atomic E-state index is 0.0534. The third kappa shape index (κ3) is 3.78. The molecule has 110 valence electrons. The summed E-state index contributed by atoms with van der Waals surface area (Å²) in [6.45, 7) is 5.19. The molecule has 5 heteroatoms. The number of nitrogens with one attached hydrogen (secondary N) is 1. The molecular formula is C16H20N4O. The van der Waals surface area contributed by atoms with Crippen LogP contribution >= 0.6 is 0 Å². The second-order valence-corrected chi connectivity index (χ2v) is 4.92. The highest BCUT2D eigenvalue weighted by molar-refractivity contribution is 5.99. The third-order valence-electron chi connectivity index (χ3n) is 3.13. The lowest BCUT2D eigenvalue weighted by Gasteiger charge is -2.19. The number of hydrogen-bond acceptors (Lipinski definition) is 4. The Morgan fingerprint density at radius 2 is 2.19 bits per heavy atom. The van der Waals surface area contributed by atoms with Crippen LogP contribution in [0.25, 0.3) is 0 Å². The number of amides is 1. The minimum atomic E-state index is -0.0534. The summed E-state index contributed by atoms with van der Waals surface area (Å²) in [5.74, 6) is -0.0534. The number of nitrogens with zero attached hydrogens (tertiary/aromatic N) is 3. The molecule has 2 heterocycles. The van der Waals surface area contributed by atoms with Crippen molar-refractivity contribution < 1.29 is 4.79 Å². The van der Waals surface area contributed by atoms with Crippen LogP contribution < -0.4 is 5.32 Å². The molecule has 0 bridgehead atoms. The molecule has 0 aliphatic rings. The van der Waals surface area contributed by atoms with E-state index in [0.717, 1.165) is 23.5 Å². The van der Waals surface area contributed by atoms with Gasteiger partial charge in [0.25, 0.3) is 5.91 Å². The second kappa shape index (κ2) is 6.83. The molecule has 0 atom stereocenters. The summed E-state index contributed by atoms with van der Waals surface area (Å²) >= 11 is 0. The molecule has 0 spiro atoms. The lowest BCUT2D eigenvalue weighted by molar-refractivity contribution is 0.0785. The van der Waals surface area contributed by atoms with E-state index in [2.05, 4.69) is 15.3 Å². The number of rotatable bonds is 5. The molecule has 2 rings (SSSR count). The highest BCUT2D eigenvalue weighted by atomic mass is 16.2. The largest absolute Gasteiger partial charge is 0.385 e. The van der Waals surface area contributed by atoms with Crippen molar-refractivity contribution in [1.29, 1.82) is 0 Å². The van der Waals surface area contributed by atoms with Crippen LogP contribution in [0.15, 0.2) is 36.8 Å². The van der Waals surface area contributed by atoms with E-state index in [1.54, 1.807) is 30.5 Å². The summed E-state index contributed by atoms with van der Waals surface area (Å²) in [4.78, 5) is 22.6. The van der Waals surface area contributed by atoms with Crippen LogP contribution in [-0.4, -0.2) is 34.4 Å². The van der Waals surface area contributed by atoms with Crippen molar-refractivity contribution in [3.63, 3.8) is 0 Å². The molecule has 0 aromatic carbocycles. The van der Waals surface area contributed by atoms with Crippen LogP contribution in [0.4, 0.5) is 5.69 Å². The zero-order valence-corrected chi connectivity index (χ0v) is 12.6. The van der Waals surface area contributed by atoms with Crippen LogP contribution in [0.1, 0.15) is 28.5 Å². The fourth-order valence-corrected chi connectivity index (χ4v) is 2.11. The highest BCUT2D eigenvalue weighted by Crippen LogP contribution is 2.18. The van der Waals surface area contributed by atoms with Gasteiger partial charge in [0, 0.05) is 44.4 Å². The van der Waals surface area contributed by atoms with Gasteiger partial charge in [0.05, 0.1) is 11.3 Å². The predicted octanol–water partition coefficient (Wildman–Crippen LogP) is 2.49. The number of anilines is 1. The topological polar surface area (TPSA) is 58.1 Å². The Kier molecular flexibility index (Phi) is 4.87. The van der Waals surface area contributed by atoms with Crippen molar-refractivity contribution in [3.8, 4) is 0 Å². The Morgan fingerprint density at radius 1 is 1.38 bits per heavy atom. The molecular weight excluding hydrogens is 264 g/mol. The molecule has 0 saturated heterocycles. The van der Waals surface area contributed by atoms with Crippen molar-refractivity contribution in [2.45, 2.75) is 20.4 Å². The SMILES string of the molecule is CCNc1cc(C)ncc1C(=O)N(C)Cc1cccnc1. The van der Waals surface area contributed by atoms with E-state index in [0.29, 0.717) is 12.1 Å². The van der Waals surface area contributed by atoms with E-state index >= 15 is 0 Å². The Morgan fingerprint density at radius 3 is 2.86 bits per heavy atom. The lowest BCUT2D eigenvalue weighted by atomic mass is 10.1. The summed E-state index contributed by atoms with van der Waals surface area (Å²) in [7, 11) is 1.78. The van der Waals surface area contributed by atoms with Gasteiger partial charge in [-0.15, -0.1) is 0 Å². The molecule has 0 unspecified atom stereocenters. The molecule has 0 aliphatic heterocycles. The van der Waals surface area contributed by atoms with Crippen LogP contribution in [0.5, 0.6) is 0 Å².